The van der Waals surface area contributed by atoms with Gasteiger partial charge in [-0.25, -0.2) is 0 Å². The number of pyridine rings is 1. The Labute approximate surface area is 116 Å². The number of nitrogens with one attached hydrogen (secondary N) is 1. The van der Waals surface area contributed by atoms with Crippen LogP contribution in [0.25, 0.3) is 11.3 Å². The van der Waals surface area contributed by atoms with Crippen molar-refractivity contribution in [2.24, 2.45) is 0 Å². The molecule has 2 rings (SSSR count). The van der Waals surface area contributed by atoms with Gasteiger partial charge >= 0.3 is 0 Å². The Hall–Kier alpha value is -2.56. The number of hydrogen-bond acceptors (Lipinski definition) is 4. The molecule has 1 aromatic heterocycles. The molecule has 104 valence electrons. The molecule has 0 saturated carbocycles. The molecule has 5 heteroatoms. The maximum Gasteiger partial charge on any atom is 0.252 e. The summed E-state index contributed by atoms with van der Waals surface area (Å²) < 4.78 is 0. The third-order valence-electron chi connectivity index (χ3n) is 3.09. The lowest BCUT2D eigenvalue weighted by Gasteiger charge is -2.14. The highest BCUT2D eigenvalue weighted by Gasteiger charge is 2.12. The average Bonchev–Trinajstić information content (AvgIpc) is 2.41. The molecule has 0 aliphatic rings. The standard InChI is InChI=1S/C15H16N2O3/c1-17(2)11-5-3-10(4-6-11)15-12(7-8-18)13(19)9-14(20)16-15/h3-6,8-9H,7H2,1-2H3,(H2,16,19,20). The van der Waals surface area contributed by atoms with E-state index in [4.69, 9.17) is 0 Å². The number of nitrogens with zero attached hydrogens (tertiary/aromatic N) is 1. The fourth-order valence-electron chi connectivity index (χ4n) is 2.04. The number of aromatic nitrogens is 1. The molecule has 0 bridgehead atoms. The third-order valence-corrected chi connectivity index (χ3v) is 3.09. The zero-order chi connectivity index (χ0) is 14.7. The topological polar surface area (TPSA) is 73.4 Å². The van der Waals surface area contributed by atoms with Gasteiger partial charge in [-0.05, 0) is 17.7 Å². The number of aromatic hydroxyl groups is 1. The van der Waals surface area contributed by atoms with Gasteiger partial charge in [0.05, 0.1) is 5.69 Å². The van der Waals surface area contributed by atoms with Crippen LogP contribution in [0.1, 0.15) is 5.56 Å². The van der Waals surface area contributed by atoms with Gasteiger partial charge in [-0.3, -0.25) is 4.79 Å². The summed E-state index contributed by atoms with van der Waals surface area (Å²) in [5, 5.41) is 9.82. The van der Waals surface area contributed by atoms with Gasteiger partial charge in [-0.1, -0.05) is 12.1 Å². The number of anilines is 1. The predicted molar refractivity (Wildman–Crippen MR) is 78.3 cm³/mol. The molecule has 2 N–H and O–H groups in total. The third kappa shape index (κ3) is 2.71. The summed E-state index contributed by atoms with van der Waals surface area (Å²) in [5.74, 6) is -0.160. The average molecular weight is 272 g/mol. The highest BCUT2D eigenvalue weighted by Crippen LogP contribution is 2.27. The van der Waals surface area contributed by atoms with Crippen LogP contribution in [-0.2, 0) is 11.2 Å². The Morgan fingerprint density at radius 3 is 2.45 bits per heavy atom. The largest absolute Gasteiger partial charge is 0.507 e. The van der Waals surface area contributed by atoms with E-state index in [0.29, 0.717) is 17.5 Å². The molecule has 1 aromatic carbocycles. The number of aldehydes is 1. The molecule has 0 atom stereocenters. The predicted octanol–water partition coefficient (Wildman–Crippen LogP) is 1.55. The summed E-state index contributed by atoms with van der Waals surface area (Å²) >= 11 is 0. The van der Waals surface area contributed by atoms with E-state index in [1.807, 2.05) is 43.3 Å². The number of hydrogen-bond donors (Lipinski definition) is 2. The molecule has 2 aromatic rings. The van der Waals surface area contributed by atoms with Crippen LogP contribution in [0.5, 0.6) is 5.75 Å². The number of carbonyl (C=O) groups is 1. The highest BCUT2D eigenvalue weighted by atomic mass is 16.3. The smallest absolute Gasteiger partial charge is 0.252 e. The van der Waals surface area contributed by atoms with E-state index in [-0.39, 0.29) is 12.2 Å². The maximum atomic E-state index is 11.5. The molecule has 0 saturated heterocycles. The van der Waals surface area contributed by atoms with Gasteiger partial charge in [0.2, 0.25) is 0 Å². The van der Waals surface area contributed by atoms with Crippen molar-refractivity contribution < 1.29 is 9.90 Å². The van der Waals surface area contributed by atoms with Crippen LogP contribution in [0.2, 0.25) is 0 Å². The summed E-state index contributed by atoms with van der Waals surface area (Å²) in [6.07, 6.45) is 0.748. The summed E-state index contributed by atoms with van der Waals surface area (Å²) in [6.45, 7) is 0. The van der Waals surface area contributed by atoms with E-state index in [2.05, 4.69) is 4.98 Å². The minimum absolute atomic E-state index is 0.0490. The molecule has 0 aliphatic carbocycles. The second-order valence-corrected chi connectivity index (χ2v) is 4.68. The fraction of sp³-hybridized carbons (Fsp3) is 0.200. The SMILES string of the molecule is CN(C)c1ccc(-c2[nH]c(=O)cc(O)c2CC=O)cc1. The van der Waals surface area contributed by atoms with Gasteiger partial charge < -0.3 is 19.8 Å². The molecule has 1 heterocycles. The van der Waals surface area contributed by atoms with Crippen molar-refractivity contribution >= 4 is 12.0 Å². The van der Waals surface area contributed by atoms with Crippen LogP contribution >= 0.6 is 0 Å². The van der Waals surface area contributed by atoms with Crippen LogP contribution in [0.15, 0.2) is 35.1 Å². The van der Waals surface area contributed by atoms with Gasteiger partial charge in [-0.2, -0.15) is 0 Å². The van der Waals surface area contributed by atoms with E-state index < -0.39 is 5.56 Å². The Kier molecular flexibility index (Phi) is 3.89. The molecule has 0 aliphatic heterocycles. The highest BCUT2D eigenvalue weighted by molar-refractivity contribution is 5.72. The van der Waals surface area contributed by atoms with Crippen LogP contribution in [0.3, 0.4) is 0 Å². The first-order chi connectivity index (χ1) is 9.52. The number of carbonyl (C=O) groups excluding carboxylic acids is 1. The molecule has 20 heavy (non-hydrogen) atoms. The monoisotopic (exact) mass is 272 g/mol. The Morgan fingerprint density at radius 1 is 1.25 bits per heavy atom. The number of H-pyrrole nitrogens is 1. The van der Waals surface area contributed by atoms with E-state index >= 15 is 0 Å². The lowest BCUT2D eigenvalue weighted by atomic mass is 10.0. The maximum absolute atomic E-state index is 11.5. The number of benzene rings is 1. The van der Waals surface area contributed by atoms with Crippen molar-refractivity contribution in [2.75, 3.05) is 19.0 Å². The minimum atomic E-state index is -0.399. The van der Waals surface area contributed by atoms with Crippen LogP contribution in [-0.4, -0.2) is 30.5 Å². The molecule has 0 amide bonds. The van der Waals surface area contributed by atoms with E-state index in [1.165, 1.54) is 0 Å². The number of rotatable bonds is 4. The van der Waals surface area contributed by atoms with Gasteiger partial charge in [0.25, 0.3) is 5.56 Å². The zero-order valence-corrected chi connectivity index (χ0v) is 11.4. The van der Waals surface area contributed by atoms with Gasteiger partial charge in [0.15, 0.2) is 0 Å². The van der Waals surface area contributed by atoms with E-state index in [1.54, 1.807) is 0 Å². The van der Waals surface area contributed by atoms with E-state index in [0.717, 1.165) is 17.3 Å². The summed E-state index contributed by atoms with van der Waals surface area (Å²) in [6, 6.07) is 8.57. The van der Waals surface area contributed by atoms with Crippen molar-refractivity contribution in [1.82, 2.24) is 4.98 Å². The molecule has 5 nitrogen and oxygen atoms in total. The lowest BCUT2D eigenvalue weighted by molar-refractivity contribution is -0.107. The summed E-state index contributed by atoms with van der Waals surface area (Å²) in [7, 11) is 3.87. The Balaban J connectivity index is 2.56. The molecule has 0 fully saturated rings. The van der Waals surface area contributed by atoms with E-state index in [9.17, 15) is 14.7 Å². The number of aromatic amines is 1. The molecule has 0 spiro atoms. The van der Waals surface area contributed by atoms with Gasteiger partial charge in [-0.15, -0.1) is 0 Å². The summed E-state index contributed by atoms with van der Waals surface area (Å²) in [4.78, 5) is 26.9. The fourth-order valence-corrected chi connectivity index (χ4v) is 2.04. The van der Waals surface area contributed by atoms with Crippen LogP contribution in [0.4, 0.5) is 5.69 Å². The second kappa shape index (κ2) is 5.61. The normalized spacial score (nSPS) is 10.3. The van der Waals surface area contributed by atoms with Crippen molar-refractivity contribution in [3.63, 3.8) is 0 Å². The summed E-state index contributed by atoms with van der Waals surface area (Å²) in [5.41, 5.74) is 2.28. The van der Waals surface area contributed by atoms with Crippen molar-refractivity contribution in [2.45, 2.75) is 6.42 Å². The van der Waals surface area contributed by atoms with Gasteiger partial charge in [0, 0.05) is 37.8 Å². The first kappa shape index (κ1) is 13.9. The molecular formula is C15H16N2O3. The molecule has 0 radical (unpaired) electrons. The van der Waals surface area contributed by atoms with Crippen LogP contribution < -0.4 is 10.5 Å². The quantitative estimate of drug-likeness (QED) is 0.828. The van der Waals surface area contributed by atoms with Crippen LogP contribution in [0, 0.1) is 0 Å². The Bertz CT molecular complexity index is 673. The van der Waals surface area contributed by atoms with Crippen molar-refractivity contribution in [3.8, 4) is 17.0 Å². The van der Waals surface area contributed by atoms with Gasteiger partial charge in [0.1, 0.15) is 12.0 Å². The zero-order valence-electron chi connectivity index (χ0n) is 11.4. The van der Waals surface area contributed by atoms with Crippen molar-refractivity contribution in [3.05, 3.63) is 46.2 Å². The molecular weight excluding hydrogens is 256 g/mol. The second-order valence-electron chi connectivity index (χ2n) is 4.68. The lowest BCUT2D eigenvalue weighted by Crippen LogP contribution is -2.10. The Morgan fingerprint density at radius 2 is 1.90 bits per heavy atom. The first-order valence-corrected chi connectivity index (χ1v) is 6.19. The molecule has 0 unspecified atom stereocenters. The van der Waals surface area contributed by atoms with Crippen molar-refractivity contribution in [1.29, 1.82) is 0 Å². The minimum Gasteiger partial charge on any atom is -0.507 e. The first-order valence-electron chi connectivity index (χ1n) is 6.19.